The Morgan fingerprint density at radius 3 is 2.68 bits per heavy atom. The van der Waals surface area contributed by atoms with E-state index in [1.54, 1.807) is 13.3 Å². The van der Waals surface area contributed by atoms with E-state index >= 15 is 0 Å². The quantitative estimate of drug-likeness (QED) is 0.306. The Labute approximate surface area is 225 Å². The molecular weight excluding hydrogens is 482 g/mol. The molecule has 4 N–H and O–H groups in total. The molecule has 0 saturated carbocycles. The van der Waals surface area contributed by atoms with Crippen LogP contribution in [0.25, 0.3) is 11.0 Å². The summed E-state index contributed by atoms with van der Waals surface area (Å²) in [5, 5.41) is 17.6. The van der Waals surface area contributed by atoms with Crippen LogP contribution in [-0.2, 0) is 6.54 Å². The molecule has 0 bridgehead atoms. The Morgan fingerprint density at radius 2 is 2.00 bits per heavy atom. The number of aromatic nitrogens is 5. The number of likely N-dealkylation sites (N-methyl/N-ethyl adjacent to an activating group) is 1. The number of piperidine rings is 1. The normalized spacial score (nSPS) is 15.8. The maximum atomic E-state index is 9.51. The number of hydrogen-bond donors (Lipinski definition) is 3. The van der Waals surface area contributed by atoms with Crippen LogP contribution in [0.4, 0.5) is 11.8 Å². The molecule has 3 aromatic rings. The first-order valence-electron chi connectivity index (χ1n) is 13.7. The van der Waals surface area contributed by atoms with Gasteiger partial charge in [0, 0.05) is 31.9 Å². The summed E-state index contributed by atoms with van der Waals surface area (Å²) < 4.78 is 7.63. The molecule has 0 aliphatic carbocycles. The van der Waals surface area contributed by atoms with E-state index < -0.39 is 0 Å². The third-order valence-corrected chi connectivity index (χ3v) is 7.35. The lowest BCUT2D eigenvalue weighted by Gasteiger charge is -2.32. The number of hydrogen-bond acceptors (Lipinski definition) is 10. The van der Waals surface area contributed by atoms with E-state index in [-0.39, 0.29) is 18.6 Å². The molecule has 1 unspecified atom stereocenters. The van der Waals surface area contributed by atoms with Gasteiger partial charge in [-0.3, -0.25) is 9.67 Å². The number of rotatable bonds is 13. The van der Waals surface area contributed by atoms with Gasteiger partial charge >= 0.3 is 0 Å². The van der Waals surface area contributed by atoms with Crippen molar-refractivity contribution < 1.29 is 9.84 Å². The van der Waals surface area contributed by atoms with Crippen molar-refractivity contribution in [1.29, 1.82) is 0 Å². The van der Waals surface area contributed by atoms with Gasteiger partial charge < -0.3 is 30.7 Å². The molecule has 0 radical (unpaired) electrons. The number of likely N-dealkylation sites (tertiary alicyclic amines) is 1. The predicted octanol–water partition coefficient (Wildman–Crippen LogP) is 2.56. The molecule has 1 aliphatic heterocycles. The van der Waals surface area contributed by atoms with Crippen LogP contribution in [0.1, 0.15) is 56.2 Å². The molecule has 0 spiro atoms. The fraction of sp³-hybridized carbons (Fsp3) is 0.630. The first-order chi connectivity index (χ1) is 18.4. The molecule has 1 saturated heterocycles. The maximum Gasteiger partial charge on any atom is 0.222 e. The number of aliphatic hydroxyl groups is 1. The van der Waals surface area contributed by atoms with Crippen molar-refractivity contribution >= 4 is 22.8 Å². The zero-order chi connectivity index (χ0) is 27.1. The Kier molecular flexibility index (Phi) is 9.70. The van der Waals surface area contributed by atoms with Gasteiger partial charge in [0.25, 0.3) is 0 Å². The number of nitrogens with two attached hydrogens (primary N) is 1. The number of aliphatic hydroxyl groups excluding tert-OH is 1. The van der Waals surface area contributed by atoms with E-state index in [2.05, 4.69) is 57.3 Å². The monoisotopic (exact) mass is 525 g/mol. The van der Waals surface area contributed by atoms with Crippen molar-refractivity contribution in [2.45, 2.75) is 57.5 Å². The van der Waals surface area contributed by atoms with E-state index in [0.29, 0.717) is 30.2 Å². The van der Waals surface area contributed by atoms with Gasteiger partial charge in [-0.25, -0.2) is 4.98 Å². The minimum Gasteiger partial charge on any atom is -0.495 e. The maximum absolute atomic E-state index is 9.51. The first kappa shape index (κ1) is 28.0. The number of fused-ring (bicyclic) bond motifs is 1. The van der Waals surface area contributed by atoms with Crippen LogP contribution in [0.5, 0.6) is 5.75 Å². The Hall–Kier alpha value is -3.02. The highest BCUT2D eigenvalue weighted by Gasteiger charge is 2.23. The van der Waals surface area contributed by atoms with E-state index in [4.69, 9.17) is 15.5 Å². The SMILES string of the molecule is CCCC(CCO)Nc1nc(N)nc2cnn(Cc3ncc(C4CCN(CCN(C)C)CC4)cc3OC)c12. The highest BCUT2D eigenvalue weighted by molar-refractivity contribution is 5.86. The number of nitrogens with one attached hydrogen (secondary N) is 1. The number of methoxy groups -OCH3 is 1. The summed E-state index contributed by atoms with van der Waals surface area (Å²) in [6.07, 6.45) is 8.47. The van der Waals surface area contributed by atoms with Gasteiger partial charge in [0.2, 0.25) is 5.95 Å². The molecule has 1 fully saturated rings. The van der Waals surface area contributed by atoms with Crippen LogP contribution in [0.15, 0.2) is 18.5 Å². The molecule has 38 heavy (non-hydrogen) atoms. The first-order valence-corrected chi connectivity index (χ1v) is 13.7. The summed E-state index contributed by atoms with van der Waals surface area (Å²) in [6, 6.07) is 2.22. The van der Waals surface area contributed by atoms with Crippen molar-refractivity contribution in [2.75, 3.05) is 65.0 Å². The summed E-state index contributed by atoms with van der Waals surface area (Å²) in [5.41, 5.74) is 9.45. The molecule has 11 nitrogen and oxygen atoms in total. The summed E-state index contributed by atoms with van der Waals surface area (Å²) in [6.45, 7) is 7.05. The van der Waals surface area contributed by atoms with Gasteiger partial charge in [0.1, 0.15) is 22.5 Å². The average molecular weight is 526 g/mol. The van der Waals surface area contributed by atoms with Gasteiger partial charge in [-0.05, 0) is 70.4 Å². The van der Waals surface area contributed by atoms with Crippen molar-refractivity contribution in [3.05, 3.63) is 29.7 Å². The second-order valence-electron chi connectivity index (χ2n) is 10.4. The van der Waals surface area contributed by atoms with Crippen LogP contribution in [0, 0.1) is 0 Å². The van der Waals surface area contributed by atoms with E-state index in [1.165, 1.54) is 5.56 Å². The van der Waals surface area contributed by atoms with Crippen molar-refractivity contribution in [3.8, 4) is 5.75 Å². The standard InChI is InChI=1S/C27H43N9O2/c1-5-6-21(9-14-37)31-26-25-22(32-27(28)33-26)17-30-36(25)18-23-24(38-4)15-20(16-29-23)19-7-10-35(11-8-19)13-12-34(2)3/h15-17,19,21,37H,5-14,18H2,1-4H3,(H3,28,31,32,33). The molecule has 1 atom stereocenters. The lowest BCUT2D eigenvalue weighted by Crippen LogP contribution is -2.37. The van der Waals surface area contributed by atoms with Gasteiger partial charge in [-0.15, -0.1) is 0 Å². The zero-order valence-electron chi connectivity index (χ0n) is 23.2. The lowest BCUT2D eigenvalue weighted by atomic mass is 9.90. The predicted molar refractivity (Wildman–Crippen MR) is 151 cm³/mol. The third kappa shape index (κ3) is 6.89. The second kappa shape index (κ2) is 13.2. The molecule has 4 heterocycles. The van der Waals surface area contributed by atoms with Crippen molar-refractivity contribution in [1.82, 2.24) is 34.5 Å². The van der Waals surface area contributed by atoms with Gasteiger partial charge in [0.05, 0.1) is 19.9 Å². The number of ether oxygens (including phenoxy) is 1. The minimum absolute atomic E-state index is 0.0760. The number of pyridine rings is 1. The Bertz CT molecular complexity index is 1170. The second-order valence-corrected chi connectivity index (χ2v) is 10.4. The van der Waals surface area contributed by atoms with E-state index in [9.17, 15) is 5.11 Å². The summed E-state index contributed by atoms with van der Waals surface area (Å²) >= 11 is 0. The van der Waals surface area contributed by atoms with E-state index in [1.807, 2.05) is 10.9 Å². The summed E-state index contributed by atoms with van der Waals surface area (Å²) in [7, 11) is 5.94. The van der Waals surface area contributed by atoms with Crippen LogP contribution in [0.3, 0.4) is 0 Å². The van der Waals surface area contributed by atoms with E-state index in [0.717, 1.165) is 68.8 Å². The van der Waals surface area contributed by atoms with Crippen LogP contribution < -0.4 is 15.8 Å². The van der Waals surface area contributed by atoms with Crippen LogP contribution in [-0.4, -0.2) is 99.7 Å². The minimum atomic E-state index is 0.0760. The summed E-state index contributed by atoms with van der Waals surface area (Å²) in [4.78, 5) is 18.5. The third-order valence-electron chi connectivity index (χ3n) is 7.35. The van der Waals surface area contributed by atoms with Crippen molar-refractivity contribution in [3.63, 3.8) is 0 Å². The van der Waals surface area contributed by atoms with Gasteiger partial charge in [-0.2, -0.15) is 10.1 Å². The molecule has 4 rings (SSSR count). The summed E-state index contributed by atoms with van der Waals surface area (Å²) in [5.74, 6) is 2.05. The molecule has 0 amide bonds. The lowest BCUT2D eigenvalue weighted by molar-refractivity contribution is 0.193. The number of nitrogen functional groups attached to an aromatic ring is 1. The highest BCUT2D eigenvalue weighted by atomic mass is 16.5. The average Bonchev–Trinajstić information content (AvgIpc) is 3.30. The molecule has 0 aromatic carbocycles. The fourth-order valence-corrected chi connectivity index (χ4v) is 5.20. The topological polar surface area (TPSA) is 130 Å². The molecule has 1 aliphatic rings. The molecule has 11 heteroatoms. The number of anilines is 2. The Balaban J connectivity index is 1.53. The Morgan fingerprint density at radius 1 is 1.21 bits per heavy atom. The smallest absolute Gasteiger partial charge is 0.222 e. The number of nitrogens with zero attached hydrogens (tertiary/aromatic N) is 7. The molecule has 3 aromatic heterocycles. The van der Waals surface area contributed by atoms with Crippen LogP contribution in [0.2, 0.25) is 0 Å². The molecule has 208 valence electrons. The van der Waals surface area contributed by atoms with Crippen LogP contribution >= 0.6 is 0 Å². The highest BCUT2D eigenvalue weighted by Crippen LogP contribution is 2.32. The van der Waals surface area contributed by atoms with Gasteiger partial charge in [0.15, 0.2) is 5.82 Å². The largest absolute Gasteiger partial charge is 0.495 e. The molecular formula is C27H43N9O2. The fourth-order valence-electron chi connectivity index (χ4n) is 5.20. The van der Waals surface area contributed by atoms with Crippen molar-refractivity contribution in [2.24, 2.45) is 0 Å². The van der Waals surface area contributed by atoms with Gasteiger partial charge in [-0.1, -0.05) is 13.3 Å². The zero-order valence-corrected chi connectivity index (χ0v) is 23.2.